The Morgan fingerprint density at radius 1 is 1.64 bits per heavy atom. The molecule has 0 bridgehead atoms. The van der Waals surface area contributed by atoms with Gasteiger partial charge in [0.1, 0.15) is 9.84 Å². The normalized spacial score (nSPS) is 31.4. The van der Waals surface area contributed by atoms with Gasteiger partial charge in [-0.1, -0.05) is 0 Å². The Balaban J connectivity index is 2.67. The Kier molecular flexibility index (Phi) is 2.87. The highest BCUT2D eigenvalue weighted by Gasteiger charge is 2.61. The zero-order valence-electron chi connectivity index (χ0n) is 8.19. The molecule has 0 aromatic heterocycles. The van der Waals surface area contributed by atoms with E-state index in [9.17, 15) is 13.2 Å². The molecule has 0 saturated heterocycles. The third kappa shape index (κ3) is 2.24. The van der Waals surface area contributed by atoms with Gasteiger partial charge in [0.05, 0.1) is 17.8 Å². The smallest absolute Gasteiger partial charge is 0.312 e. The van der Waals surface area contributed by atoms with Crippen molar-refractivity contribution in [2.75, 3.05) is 25.7 Å². The van der Waals surface area contributed by atoms with Crippen LogP contribution in [0.3, 0.4) is 0 Å². The molecule has 82 valence electrons. The third-order valence-corrected chi connectivity index (χ3v) is 3.57. The third-order valence-electron chi connectivity index (χ3n) is 2.56. The van der Waals surface area contributed by atoms with Crippen LogP contribution in [0.25, 0.3) is 0 Å². The van der Waals surface area contributed by atoms with E-state index < -0.39 is 21.2 Å². The van der Waals surface area contributed by atoms with Crippen molar-refractivity contribution in [2.45, 2.75) is 6.42 Å². The van der Waals surface area contributed by atoms with Gasteiger partial charge in [0, 0.05) is 13.4 Å². The van der Waals surface area contributed by atoms with E-state index in [1.165, 1.54) is 7.11 Å². The quantitative estimate of drug-likeness (QED) is 0.695. The van der Waals surface area contributed by atoms with Crippen LogP contribution < -0.4 is 0 Å². The molecule has 0 aliphatic heterocycles. The highest BCUT2D eigenvalue weighted by molar-refractivity contribution is 7.90. The van der Waals surface area contributed by atoms with Gasteiger partial charge >= 0.3 is 5.97 Å². The number of carbonyl (C=O) groups is 1. The Labute approximate surface area is 83.0 Å². The van der Waals surface area contributed by atoms with Crippen molar-refractivity contribution in [1.82, 2.24) is 0 Å². The van der Waals surface area contributed by atoms with Gasteiger partial charge in [-0.05, 0) is 12.3 Å². The number of sulfone groups is 1. The molecule has 1 aliphatic rings. The lowest BCUT2D eigenvalue weighted by molar-refractivity contribution is -0.146. The van der Waals surface area contributed by atoms with E-state index in [4.69, 9.17) is 9.84 Å². The van der Waals surface area contributed by atoms with Crippen LogP contribution in [0.1, 0.15) is 6.42 Å². The molecule has 14 heavy (non-hydrogen) atoms. The summed E-state index contributed by atoms with van der Waals surface area (Å²) < 4.78 is 26.7. The van der Waals surface area contributed by atoms with Crippen molar-refractivity contribution in [3.63, 3.8) is 0 Å². The number of methoxy groups -OCH3 is 1. The fraction of sp³-hybridized carbons (Fsp3) is 0.875. The molecular weight excluding hydrogens is 208 g/mol. The Bertz CT molecular complexity index is 334. The minimum atomic E-state index is -3.10. The topological polar surface area (TPSA) is 80.7 Å². The number of aliphatic carboxylic acids is 1. The fourth-order valence-electron chi connectivity index (χ4n) is 1.72. The lowest BCUT2D eigenvalue weighted by Gasteiger charge is -2.09. The average molecular weight is 222 g/mol. The van der Waals surface area contributed by atoms with Crippen LogP contribution in [0.15, 0.2) is 0 Å². The van der Waals surface area contributed by atoms with Crippen molar-refractivity contribution in [2.24, 2.45) is 11.3 Å². The van der Waals surface area contributed by atoms with Gasteiger partial charge in [-0.25, -0.2) is 8.42 Å². The molecule has 0 amide bonds. The van der Waals surface area contributed by atoms with Crippen molar-refractivity contribution in [3.05, 3.63) is 0 Å². The van der Waals surface area contributed by atoms with Gasteiger partial charge in [-0.15, -0.1) is 0 Å². The molecule has 0 spiro atoms. The van der Waals surface area contributed by atoms with Crippen molar-refractivity contribution < 1.29 is 23.1 Å². The molecule has 2 unspecified atom stereocenters. The van der Waals surface area contributed by atoms with Gasteiger partial charge in [0.25, 0.3) is 0 Å². The van der Waals surface area contributed by atoms with Crippen LogP contribution in [0.2, 0.25) is 0 Å². The second-order valence-corrected chi connectivity index (χ2v) is 6.07. The maximum absolute atomic E-state index is 11.0. The van der Waals surface area contributed by atoms with Crippen LogP contribution in [0.4, 0.5) is 0 Å². The number of hydrogen-bond donors (Lipinski definition) is 1. The number of hydrogen-bond acceptors (Lipinski definition) is 4. The largest absolute Gasteiger partial charge is 0.481 e. The van der Waals surface area contributed by atoms with Gasteiger partial charge in [0.15, 0.2) is 0 Å². The summed E-state index contributed by atoms with van der Waals surface area (Å²) in [6.07, 6.45) is 1.51. The molecule has 5 nitrogen and oxygen atoms in total. The molecule has 0 aromatic rings. The number of ether oxygens (including phenoxy) is 1. The Morgan fingerprint density at radius 2 is 2.21 bits per heavy atom. The monoisotopic (exact) mass is 222 g/mol. The summed E-state index contributed by atoms with van der Waals surface area (Å²) in [6, 6.07) is 0. The number of rotatable bonds is 5. The Morgan fingerprint density at radius 3 is 2.57 bits per heavy atom. The van der Waals surface area contributed by atoms with E-state index in [0.717, 1.165) is 6.26 Å². The van der Waals surface area contributed by atoms with Crippen LogP contribution in [-0.2, 0) is 19.4 Å². The van der Waals surface area contributed by atoms with Gasteiger partial charge < -0.3 is 9.84 Å². The lowest BCUT2D eigenvalue weighted by Crippen LogP contribution is -2.25. The predicted molar refractivity (Wildman–Crippen MR) is 49.8 cm³/mol. The van der Waals surface area contributed by atoms with E-state index in [1.54, 1.807) is 0 Å². The zero-order chi connectivity index (χ0) is 11.0. The summed E-state index contributed by atoms with van der Waals surface area (Å²) in [5.41, 5.74) is -0.960. The highest BCUT2D eigenvalue weighted by atomic mass is 32.2. The SMILES string of the molecule is COCC1(C(=O)O)CC1CS(C)(=O)=O. The number of carboxylic acid groups (broad SMARTS) is 1. The first-order chi connectivity index (χ1) is 6.32. The summed E-state index contributed by atoms with van der Waals surface area (Å²) in [6.45, 7) is 0.0858. The maximum atomic E-state index is 11.0. The van der Waals surface area contributed by atoms with Crippen molar-refractivity contribution in [1.29, 1.82) is 0 Å². The summed E-state index contributed by atoms with van der Waals surface area (Å²) >= 11 is 0. The average Bonchev–Trinajstić information content (AvgIpc) is 2.61. The summed E-state index contributed by atoms with van der Waals surface area (Å²) in [7, 11) is -1.69. The first-order valence-corrected chi connectivity index (χ1v) is 6.28. The molecule has 0 aromatic carbocycles. The fourth-order valence-corrected chi connectivity index (χ4v) is 2.89. The van der Waals surface area contributed by atoms with Gasteiger partial charge in [-0.3, -0.25) is 4.79 Å². The maximum Gasteiger partial charge on any atom is 0.312 e. The van der Waals surface area contributed by atoms with E-state index >= 15 is 0 Å². The lowest BCUT2D eigenvalue weighted by atomic mass is 10.1. The van der Waals surface area contributed by atoms with Crippen LogP contribution in [-0.4, -0.2) is 45.2 Å². The molecule has 1 rings (SSSR count). The molecule has 0 heterocycles. The van der Waals surface area contributed by atoms with Crippen molar-refractivity contribution in [3.8, 4) is 0 Å². The van der Waals surface area contributed by atoms with E-state index in [-0.39, 0.29) is 18.3 Å². The van der Waals surface area contributed by atoms with Crippen LogP contribution in [0.5, 0.6) is 0 Å². The van der Waals surface area contributed by atoms with Crippen molar-refractivity contribution >= 4 is 15.8 Å². The molecule has 0 radical (unpaired) electrons. The standard InChI is InChI=1S/C8H14O5S/c1-13-5-8(7(9)10)3-6(8)4-14(2,11)12/h6H,3-5H2,1-2H3,(H,9,10). The summed E-state index contributed by atoms with van der Waals surface area (Å²) in [5, 5.41) is 8.93. The van der Waals surface area contributed by atoms with E-state index in [1.807, 2.05) is 0 Å². The zero-order valence-corrected chi connectivity index (χ0v) is 9.00. The molecule has 6 heteroatoms. The first-order valence-electron chi connectivity index (χ1n) is 4.22. The first kappa shape index (κ1) is 11.5. The molecule has 1 fully saturated rings. The molecule has 1 N–H and O–H groups in total. The Hall–Kier alpha value is -0.620. The van der Waals surface area contributed by atoms with Crippen LogP contribution in [0, 0.1) is 11.3 Å². The summed E-state index contributed by atoms with van der Waals surface area (Å²) in [4.78, 5) is 10.9. The molecular formula is C8H14O5S. The number of carboxylic acids is 1. The molecule has 1 aliphatic carbocycles. The van der Waals surface area contributed by atoms with Gasteiger partial charge in [-0.2, -0.15) is 0 Å². The summed E-state index contributed by atoms with van der Waals surface area (Å²) in [5.74, 6) is -1.33. The highest BCUT2D eigenvalue weighted by Crippen LogP contribution is 2.53. The molecule has 1 saturated carbocycles. The second kappa shape index (κ2) is 3.51. The second-order valence-electron chi connectivity index (χ2n) is 3.89. The minimum absolute atomic E-state index is 0.0668. The van der Waals surface area contributed by atoms with Crippen LogP contribution >= 0.6 is 0 Å². The predicted octanol–water partition coefficient (Wildman–Crippen LogP) is -0.232. The minimum Gasteiger partial charge on any atom is -0.481 e. The van der Waals surface area contributed by atoms with E-state index in [2.05, 4.69) is 0 Å². The van der Waals surface area contributed by atoms with E-state index in [0.29, 0.717) is 6.42 Å². The van der Waals surface area contributed by atoms with Gasteiger partial charge in [0.2, 0.25) is 0 Å². The molecule has 2 atom stereocenters.